The van der Waals surface area contributed by atoms with Crippen LogP contribution >= 0.6 is 11.3 Å². The van der Waals surface area contributed by atoms with Crippen LogP contribution in [0.2, 0.25) is 0 Å². The first-order valence-corrected chi connectivity index (χ1v) is 14.5. The molecule has 8 aromatic rings. The van der Waals surface area contributed by atoms with Crippen molar-refractivity contribution in [1.82, 2.24) is 0 Å². The summed E-state index contributed by atoms with van der Waals surface area (Å²) in [5, 5.41) is 25.1. The summed E-state index contributed by atoms with van der Waals surface area (Å²) in [6, 6.07) is 45.5. The smallest absolute Gasteiger partial charge is 0.143 e. The number of benzene rings is 6. The van der Waals surface area contributed by atoms with Gasteiger partial charge in [-0.3, -0.25) is 0 Å². The first-order chi connectivity index (χ1) is 20.7. The molecule has 0 saturated heterocycles. The molecule has 42 heavy (non-hydrogen) atoms. The predicted molar refractivity (Wildman–Crippen MR) is 172 cm³/mol. The lowest BCUT2D eigenvalue weighted by molar-refractivity contribution is 0.670. The van der Waals surface area contributed by atoms with Crippen LogP contribution in [0.1, 0.15) is 11.1 Å². The number of thiophene rings is 1. The molecule has 0 aliphatic heterocycles. The Hall–Kier alpha value is -5.68. The molecule has 0 saturated carbocycles. The van der Waals surface area contributed by atoms with E-state index in [2.05, 4.69) is 78.9 Å². The molecule has 0 radical (unpaired) electrons. The van der Waals surface area contributed by atoms with E-state index in [0.29, 0.717) is 11.1 Å². The van der Waals surface area contributed by atoms with Crippen molar-refractivity contribution in [3.8, 4) is 45.5 Å². The number of hydrogen-bond acceptors (Lipinski definition) is 4. The predicted octanol–water partition coefficient (Wildman–Crippen LogP) is 10.7. The molecule has 0 amide bonds. The van der Waals surface area contributed by atoms with E-state index in [0.717, 1.165) is 55.3 Å². The molecule has 0 aliphatic rings. The number of hydrogen-bond donors (Lipinski definition) is 0. The molecule has 0 bridgehead atoms. The van der Waals surface area contributed by atoms with Gasteiger partial charge in [-0.15, -0.1) is 11.3 Å². The quantitative estimate of drug-likeness (QED) is 0.219. The monoisotopic (exact) mass is 552 g/mol. The van der Waals surface area contributed by atoms with Gasteiger partial charge in [0, 0.05) is 53.2 Å². The second-order valence-electron chi connectivity index (χ2n) is 10.3. The standard InChI is InChI=1S/C38H20N2OS/c39-21-23-9-1-2-10-25(23)31-19-24(26-13-8-18-36-37(26)30-12-4-6-17-35(30)42-36)20-32(33(31)22-40)29-15-7-14-28-27-11-3-5-16-34(27)41-38(28)29/h1-20H. The maximum absolute atomic E-state index is 10.7. The molecular formula is C38H20N2OS. The third-order valence-electron chi connectivity index (χ3n) is 8.00. The Morgan fingerprint density at radius 1 is 0.524 bits per heavy atom. The first kappa shape index (κ1) is 24.1. The number of nitrogens with zero attached hydrogens (tertiary/aromatic N) is 2. The third-order valence-corrected chi connectivity index (χ3v) is 9.13. The fourth-order valence-electron chi connectivity index (χ4n) is 6.13. The van der Waals surface area contributed by atoms with Crippen molar-refractivity contribution in [2.45, 2.75) is 0 Å². The van der Waals surface area contributed by atoms with Crippen molar-refractivity contribution < 1.29 is 4.42 Å². The van der Waals surface area contributed by atoms with Crippen LogP contribution in [0.5, 0.6) is 0 Å². The summed E-state index contributed by atoms with van der Waals surface area (Å²) < 4.78 is 8.87. The Morgan fingerprint density at radius 2 is 1.17 bits per heavy atom. The fraction of sp³-hybridized carbons (Fsp3) is 0. The molecule has 2 heterocycles. The lowest BCUT2D eigenvalue weighted by Crippen LogP contribution is -1.95. The summed E-state index contributed by atoms with van der Waals surface area (Å²) in [6.07, 6.45) is 0. The van der Waals surface area contributed by atoms with Crippen molar-refractivity contribution in [3.05, 3.63) is 132 Å². The van der Waals surface area contributed by atoms with Crippen LogP contribution in [0.4, 0.5) is 0 Å². The van der Waals surface area contributed by atoms with Gasteiger partial charge in [0.25, 0.3) is 0 Å². The van der Waals surface area contributed by atoms with Crippen LogP contribution in [0.3, 0.4) is 0 Å². The molecule has 8 rings (SSSR count). The Balaban J connectivity index is 1.51. The van der Waals surface area contributed by atoms with Gasteiger partial charge in [0.05, 0.1) is 17.2 Å². The number of nitriles is 2. The van der Waals surface area contributed by atoms with E-state index >= 15 is 0 Å². The van der Waals surface area contributed by atoms with Crippen LogP contribution in [0, 0.1) is 22.7 Å². The second-order valence-corrected chi connectivity index (χ2v) is 11.4. The van der Waals surface area contributed by atoms with Crippen molar-refractivity contribution in [2.75, 3.05) is 0 Å². The van der Waals surface area contributed by atoms with E-state index in [4.69, 9.17) is 4.42 Å². The molecule has 194 valence electrons. The first-order valence-electron chi connectivity index (χ1n) is 13.6. The lowest BCUT2D eigenvalue weighted by atomic mass is 9.86. The van der Waals surface area contributed by atoms with E-state index in [1.807, 2.05) is 48.5 Å². The summed E-state index contributed by atoms with van der Waals surface area (Å²) >= 11 is 1.78. The number of para-hydroxylation sites is 2. The van der Waals surface area contributed by atoms with E-state index in [-0.39, 0.29) is 0 Å². The van der Waals surface area contributed by atoms with Crippen molar-refractivity contribution in [2.24, 2.45) is 0 Å². The van der Waals surface area contributed by atoms with Gasteiger partial charge in [-0.05, 0) is 47.5 Å². The van der Waals surface area contributed by atoms with Gasteiger partial charge in [0.15, 0.2) is 0 Å². The summed E-state index contributed by atoms with van der Waals surface area (Å²) in [5.41, 5.74) is 7.74. The molecule has 6 aromatic carbocycles. The van der Waals surface area contributed by atoms with Crippen LogP contribution in [0.25, 0.3) is 75.5 Å². The average molecular weight is 553 g/mol. The molecule has 4 heteroatoms. The van der Waals surface area contributed by atoms with Gasteiger partial charge < -0.3 is 4.42 Å². The van der Waals surface area contributed by atoms with E-state index in [1.54, 1.807) is 17.4 Å². The minimum atomic E-state index is 0.511. The molecule has 0 spiro atoms. The van der Waals surface area contributed by atoms with Gasteiger partial charge in [0.1, 0.15) is 17.2 Å². The Bertz CT molecular complexity index is 2450. The fourth-order valence-corrected chi connectivity index (χ4v) is 7.27. The number of fused-ring (bicyclic) bond motifs is 6. The molecule has 0 N–H and O–H groups in total. The van der Waals surface area contributed by atoms with Gasteiger partial charge in [-0.25, -0.2) is 0 Å². The summed E-state index contributed by atoms with van der Waals surface area (Å²) in [6.45, 7) is 0. The highest BCUT2D eigenvalue weighted by Gasteiger charge is 2.21. The lowest BCUT2D eigenvalue weighted by Gasteiger charge is -2.16. The highest BCUT2D eigenvalue weighted by Crippen LogP contribution is 2.45. The molecule has 0 unspecified atom stereocenters. The summed E-state index contributed by atoms with van der Waals surface area (Å²) in [7, 11) is 0. The zero-order chi connectivity index (χ0) is 28.2. The molecule has 0 fully saturated rings. The Morgan fingerprint density at radius 3 is 2.02 bits per heavy atom. The van der Waals surface area contributed by atoms with Crippen LogP contribution in [0.15, 0.2) is 126 Å². The SMILES string of the molecule is N#Cc1ccccc1-c1cc(-c2cccc3sc4ccccc4c23)cc(-c2cccc3c2oc2ccccc23)c1C#N. The number of furan rings is 1. The second kappa shape index (κ2) is 9.46. The van der Waals surface area contributed by atoms with Gasteiger partial charge in [-0.1, -0.05) is 84.9 Å². The molecular weight excluding hydrogens is 532 g/mol. The van der Waals surface area contributed by atoms with Crippen molar-refractivity contribution in [3.63, 3.8) is 0 Å². The summed E-state index contributed by atoms with van der Waals surface area (Å²) in [4.78, 5) is 0. The molecule has 0 aliphatic carbocycles. The van der Waals surface area contributed by atoms with Crippen molar-refractivity contribution in [1.29, 1.82) is 10.5 Å². The van der Waals surface area contributed by atoms with Gasteiger partial charge in [0.2, 0.25) is 0 Å². The minimum Gasteiger partial charge on any atom is -0.455 e. The molecule has 3 nitrogen and oxygen atoms in total. The highest BCUT2D eigenvalue weighted by molar-refractivity contribution is 7.25. The zero-order valence-electron chi connectivity index (χ0n) is 22.3. The normalized spacial score (nSPS) is 11.3. The third kappa shape index (κ3) is 3.57. The average Bonchev–Trinajstić information content (AvgIpc) is 3.62. The van der Waals surface area contributed by atoms with Gasteiger partial charge >= 0.3 is 0 Å². The largest absolute Gasteiger partial charge is 0.455 e. The van der Waals surface area contributed by atoms with Crippen LogP contribution < -0.4 is 0 Å². The van der Waals surface area contributed by atoms with E-state index in [1.165, 1.54) is 20.2 Å². The topological polar surface area (TPSA) is 60.7 Å². The maximum Gasteiger partial charge on any atom is 0.143 e. The molecule has 2 aromatic heterocycles. The zero-order valence-corrected chi connectivity index (χ0v) is 23.1. The van der Waals surface area contributed by atoms with Crippen LogP contribution in [-0.4, -0.2) is 0 Å². The van der Waals surface area contributed by atoms with Crippen molar-refractivity contribution >= 4 is 53.4 Å². The Kier molecular flexibility index (Phi) is 5.44. The van der Waals surface area contributed by atoms with E-state index < -0.39 is 0 Å². The molecule has 0 atom stereocenters. The van der Waals surface area contributed by atoms with Gasteiger partial charge in [-0.2, -0.15) is 10.5 Å². The minimum absolute atomic E-state index is 0.511. The van der Waals surface area contributed by atoms with Crippen LogP contribution in [-0.2, 0) is 0 Å². The number of rotatable bonds is 3. The Labute approximate surface area is 245 Å². The summed E-state index contributed by atoms with van der Waals surface area (Å²) in [5.74, 6) is 0. The highest BCUT2D eigenvalue weighted by atomic mass is 32.1. The maximum atomic E-state index is 10.7. The van der Waals surface area contributed by atoms with E-state index in [9.17, 15) is 10.5 Å².